The number of nitrogens with zero attached hydrogens (tertiary/aromatic N) is 1. The predicted octanol–water partition coefficient (Wildman–Crippen LogP) is 2.82. The fourth-order valence-corrected chi connectivity index (χ4v) is 2.96. The van der Waals surface area contributed by atoms with Gasteiger partial charge in [-0.3, -0.25) is 4.79 Å². The molecule has 1 amide bonds. The monoisotopic (exact) mass is 286 g/mol. The van der Waals surface area contributed by atoms with Crippen LogP contribution < -0.4 is 5.32 Å². The van der Waals surface area contributed by atoms with Gasteiger partial charge in [-0.2, -0.15) is 0 Å². The van der Waals surface area contributed by atoms with Crippen molar-refractivity contribution in [1.29, 1.82) is 0 Å². The second kappa shape index (κ2) is 5.91. The highest BCUT2D eigenvalue weighted by molar-refractivity contribution is 6.39. The summed E-state index contributed by atoms with van der Waals surface area (Å²) in [6, 6.07) is 5.37. The number of amides is 1. The fourth-order valence-electron chi connectivity index (χ4n) is 2.40. The summed E-state index contributed by atoms with van der Waals surface area (Å²) in [6.45, 7) is 1.57. The van der Waals surface area contributed by atoms with Gasteiger partial charge in [-0.1, -0.05) is 29.3 Å². The highest BCUT2D eigenvalue weighted by Crippen LogP contribution is 2.28. The molecule has 3 nitrogen and oxygen atoms in total. The lowest BCUT2D eigenvalue weighted by atomic mass is 10.1. The summed E-state index contributed by atoms with van der Waals surface area (Å²) in [5.74, 6) is -0.0663. The summed E-state index contributed by atoms with van der Waals surface area (Å²) in [5, 5.41) is 3.95. The molecule has 1 heterocycles. The van der Waals surface area contributed by atoms with Crippen LogP contribution in [0.25, 0.3) is 0 Å². The Labute approximate surface area is 117 Å². The number of rotatable bonds is 3. The van der Waals surface area contributed by atoms with E-state index in [-0.39, 0.29) is 11.9 Å². The Morgan fingerprint density at radius 1 is 1.44 bits per heavy atom. The average molecular weight is 287 g/mol. The maximum Gasteiger partial charge on any atom is 0.257 e. The Hall–Kier alpha value is -0.770. The van der Waals surface area contributed by atoms with Crippen LogP contribution in [0, 0.1) is 0 Å². The van der Waals surface area contributed by atoms with Gasteiger partial charge in [-0.05, 0) is 32.0 Å². The summed E-state index contributed by atoms with van der Waals surface area (Å²) in [4.78, 5) is 14.4. The first-order valence-electron chi connectivity index (χ1n) is 6.04. The second-order valence-corrected chi connectivity index (χ2v) is 5.26. The van der Waals surface area contributed by atoms with Crippen LogP contribution >= 0.6 is 23.2 Å². The zero-order chi connectivity index (χ0) is 13.1. The lowest BCUT2D eigenvalue weighted by molar-refractivity contribution is 0.0737. The van der Waals surface area contributed by atoms with E-state index in [9.17, 15) is 4.79 Å². The van der Waals surface area contributed by atoms with Crippen molar-refractivity contribution in [1.82, 2.24) is 10.2 Å². The molecule has 18 heavy (non-hydrogen) atoms. The van der Waals surface area contributed by atoms with E-state index in [0.717, 1.165) is 25.9 Å². The number of likely N-dealkylation sites (tertiary alicyclic amines) is 1. The Balaban J connectivity index is 2.25. The standard InChI is InChI=1S/C13H16Cl2N2O/c1-16-8-9-4-3-7-17(9)13(18)12-10(14)5-2-6-11(12)15/h2,5-6,9,16H,3-4,7-8H2,1H3. The molecule has 0 spiro atoms. The van der Waals surface area contributed by atoms with Crippen molar-refractivity contribution >= 4 is 29.1 Å². The Bertz CT molecular complexity index is 430. The lowest BCUT2D eigenvalue weighted by Crippen LogP contribution is -2.41. The maximum absolute atomic E-state index is 12.5. The van der Waals surface area contributed by atoms with Crippen LogP contribution in [-0.2, 0) is 0 Å². The number of nitrogens with one attached hydrogen (secondary N) is 1. The van der Waals surface area contributed by atoms with Crippen LogP contribution in [0.4, 0.5) is 0 Å². The van der Waals surface area contributed by atoms with E-state index in [4.69, 9.17) is 23.2 Å². The van der Waals surface area contributed by atoms with Gasteiger partial charge in [0.1, 0.15) is 0 Å². The molecule has 1 saturated heterocycles. The summed E-state index contributed by atoms with van der Waals surface area (Å²) < 4.78 is 0. The number of carbonyl (C=O) groups is 1. The van der Waals surface area contributed by atoms with Crippen molar-refractivity contribution in [3.05, 3.63) is 33.8 Å². The van der Waals surface area contributed by atoms with Crippen LogP contribution in [0.1, 0.15) is 23.2 Å². The Morgan fingerprint density at radius 3 is 2.72 bits per heavy atom. The number of hydrogen-bond donors (Lipinski definition) is 1. The SMILES string of the molecule is CNCC1CCCN1C(=O)c1c(Cl)cccc1Cl. The molecule has 1 aliphatic rings. The molecule has 1 aromatic carbocycles. The molecule has 98 valence electrons. The van der Waals surface area contributed by atoms with Crippen LogP contribution in [0.3, 0.4) is 0 Å². The van der Waals surface area contributed by atoms with Gasteiger partial charge in [0.25, 0.3) is 5.91 Å². The quantitative estimate of drug-likeness (QED) is 0.927. The third-order valence-electron chi connectivity index (χ3n) is 3.25. The van der Waals surface area contributed by atoms with E-state index in [2.05, 4.69) is 5.32 Å². The zero-order valence-electron chi connectivity index (χ0n) is 10.2. The van der Waals surface area contributed by atoms with E-state index in [1.807, 2.05) is 11.9 Å². The lowest BCUT2D eigenvalue weighted by Gasteiger charge is -2.25. The maximum atomic E-state index is 12.5. The van der Waals surface area contributed by atoms with Crippen molar-refractivity contribution < 1.29 is 4.79 Å². The minimum Gasteiger partial charge on any atom is -0.334 e. The molecule has 5 heteroatoms. The minimum absolute atomic E-state index is 0.0663. The topological polar surface area (TPSA) is 32.3 Å². The van der Waals surface area contributed by atoms with Crippen molar-refractivity contribution in [2.75, 3.05) is 20.1 Å². The van der Waals surface area contributed by atoms with Crippen LogP contribution in [0.2, 0.25) is 10.0 Å². The molecule has 1 aliphatic heterocycles. The normalized spacial score (nSPS) is 19.3. The van der Waals surface area contributed by atoms with Crippen molar-refractivity contribution in [3.63, 3.8) is 0 Å². The molecule has 1 N–H and O–H groups in total. The van der Waals surface area contributed by atoms with Crippen molar-refractivity contribution in [2.45, 2.75) is 18.9 Å². The molecule has 0 radical (unpaired) electrons. The average Bonchev–Trinajstić information content (AvgIpc) is 2.77. The number of benzene rings is 1. The Morgan fingerprint density at radius 2 is 2.11 bits per heavy atom. The molecule has 0 aliphatic carbocycles. The number of carbonyl (C=O) groups excluding carboxylic acids is 1. The minimum atomic E-state index is -0.0663. The first-order chi connectivity index (χ1) is 8.65. The van der Waals surface area contributed by atoms with Gasteiger partial charge in [-0.25, -0.2) is 0 Å². The third-order valence-corrected chi connectivity index (χ3v) is 3.88. The third kappa shape index (κ3) is 2.63. The van der Waals surface area contributed by atoms with Gasteiger partial charge in [-0.15, -0.1) is 0 Å². The molecule has 0 bridgehead atoms. The Kier molecular flexibility index (Phi) is 4.49. The summed E-state index contributed by atoms with van der Waals surface area (Å²) >= 11 is 12.2. The van der Waals surface area contributed by atoms with Crippen molar-refractivity contribution in [2.24, 2.45) is 0 Å². The summed E-state index contributed by atoms with van der Waals surface area (Å²) in [5.41, 5.74) is 0.420. The van der Waals surface area contributed by atoms with Gasteiger partial charge in [0.15, 0.2) is 0 Å². The molecule has 2 rings (SSSR count). The van der Waals surface area contributed by atoms with Gasteiger partial charge in [0.05, 0.1) is 15.6 Å². The summed E-state index contributed by atoms with van der Waals surface area (Å²) in [6.07, 6.45) is 2.05. The number of hydrogen-bond acceptors (Lipinski definition) is 2. The molecule has 0 saturated carbocycles. The van der Waals surface area contributed by atoms with Crippen LogP contribution in [0.15, 0.2) is 18.2 Å². The molecule has 1 aromatic rings. The number of halogens is 2. The first-order valence-corrected chi connectivity index (χ1v) is 6.80. The molecule has 1 fully saturated rings. The van der Waals surface area contributed by atoms with Gasteiger partial charge in [0.2, 0.25) is 0 Å². The fraction of sp³-hybridized carbons (Fsp3) is 0.462. The molecular weight excluding hydrogens is 271 g/mol. The molecule has 1 unspecified atom stereocenters. The predicted molar refractivity (Wildman–Crippen MR) is 74.4 cm³/mol. The van der Waals surface area contributed by atoms with E-state index in [0.29, 0.717) is 15.6 Å². The van der Waals surface area contributed by atoms with Gasteiger partial charge in [0, 0.05) is 19.1 Å². The largest absolute Gasteiger partial charge is 0.334 e. The zero-order valence-corrected chi connectivity index (χ0v) is 11.8. The van der Waals surface area contributed by atoms with E-state index in [1.165, 1.54) is 0 Å². The second-order valence-electron chi connectivity index (χ2n) is 4.45. The highest BCUT2D eigenvalue weighted by atomic mass is 35.5. The highest BCUT2D eigenvalue weighted by Gasteiger charge is 2.30. The molecule has 0 aromatic heterocycles. The molecular formula is C13H16Cl2N2O. The summed E-state index contributed by atoms with van der Waals surface area (Å²) in [7, 11) is 1.89. The van der Waals surface area contributed by atoms with Crippen molar-refractivity contribution in [3.8, 4) is 0 Å². The van der Waals surface area contributed by atoms with Crippen LogP contribution in [0.5, 0.6) is 0 Å². The molecule has 1 atom stereocenters. The van der Waals surface area contributed by atoms with Gasteiger partial charge < -0.3 is 10.2 Å². The number of likely N-dealkylation sites (N-methyl/N-ethyl adjacent to an activating group) is 1. The van der Waals surface area contributed by atoms with E-state index in [1.54, 1.807) is 18.2 Å². The first kappa shape index (κ1) is 13.7. The van der Waals surface area contributed by atoms with E-state index < -0.39 is 0 Å². The van der Waals surface area contributed by atoms with Crippen LogP contribution in [-0.4, -0.2) is 37.0 Å². The smallest absolute Gasteiger partial charge is 0.257 e. The van der Waals surface area contributed by atoms with Gasteiger partial charge >= 0.3 is 0 Å². The van der Waals surface area contributed by atoms with E-state index >= 15 is 0 Å².